The minimum Gasteiger partial charge on any atom is -0.366 e. The van der Waals surface area contributed by atoms with E-state index in [1.165, 1.54) is 10.8 Å². The normalized spacial score (nSPS) is 20.1. The molecule has 0 aliphatic carbocycles. The molecular weight excluding hydrogens is 264 g/mol. The first-order valence-electron chi connectivity index (χ1n) is 7.36. The van der Waals surface area contributed by atoms with Crippen molar-refractivity contribution >= 4 is 16.7 Å². The van der Waals surface area contributed by atoms with Gasteiger partial charge in [-0.25, -0.2) is 0 Å². The van der Waals surface area contributed by atoms with Crippen LogP contribution in [0.2, 0.25) is 0 Å². The van der Waals surface area contributed by atoms with Gasteiger partial charge in [-0.3, -0.25) is 4.79 Å². The monoisotopic (exact) mass is 284 g/mol. The van der Waals surface area contributed by atoms with Crippen molar-refractivity contribution in [2.75, 3.05) is 19.7 Å². The van der Waals surface area contributed by atoms with Crippen molar-refractivity contribution in [2.24, 2.45) is 0 Å². The fourth-order valence-electron chi connectivity index (χ4n) is 2.75. The Morgan fingerprint density at radius 2 is 2.10 bits per heavy atom. The van der Waals surface area contributed by atoms with Gasteiger partial charge in [-0.05, 0) is 23.3 Å². The predicted molar refractivity (Wildman–Crippen MR) is 83.1 cm³/mol. The number of morpholine rings is 1. The molecule has 1 saturated heterocycles. The third kappa shape index (κ3) is 3.06. The summed E-state index contributed by atoms with van der Waals surface area (Å²) in [6.45, 7) is 3.98. The number of fused-ring (bicyclic) bond motifs is 1. The zero-order valence-corrected chi connectivity index (χ0v) is 12.1. The van der Waals surface area contributed by atoms with Gasteiger partial charge in [-0.2, -0.15) is 0 Å². The second-order valence-corrected chi connectivity index (χ2v) is 5.36. The van der Waals surface area contributed by atoms with Gasteiger partial charge in [-0.15, -0.1) is 0 Å². The summed E-state index contributed by atoms with van der Waals surface area (Å²) in [5, 5.41) is 8.59. The van der Waals surface area contributed by atoms with Crippen molar-refractivity contribution in [1.82, 2.24) is 10.6 Å². The zero-order valence-electron chi connectivity index (χ0n) is 12.1. The SMILES string of the molecule is CC(NC(=O)C1CNCCO1)c1cccc2ccccc12. The molecule has 0 aromatic heterocycles. The van der Waals surface area contributed by atoms with E-state index in [1.54, 1.807) is 0 Å². The molecule has 1 aliphatic rings. The molecule has 4 nitrogen and oxygen atoms in total. The summed E-state index contributed by atoms with van der Waals surface area (Å²) in [5.74, 6) is -0.0531. The number of rotatable bonds is 3. The van der Waals surface area contributed by atoms with Gasteiger partial charge in [0.2, 0.25) is 0 Å². The second-order valence-electron chi connectivity index (χ2n) is 5.36. The molecule has 2 N–H and O–H groups in total. The summed E-state index contributed by atoms with van der Waals surface area (Å²) < 4.78 is 5.49. The lowest BCUT2D eigenvalue weighted by Crippen LogP contribution is -2.48. The third-order valence-electron chi connectivity index (χ3n) is 3.87. The highest BCUT2D eigenvalue weighted by molar-refractivity contribution is 5.87. The highest BCUT2D eigenvalue weighted by Crippen LogP contribution is 2.24. The van der Waals surface area contributed by atoms with E-state index in [4.69, 9.17) is 4.74 Å². The van der Waals surface area contributed by atoms with Gasteiger partial charge in [0.05, 0.1) is 12.6 Å². The van der Waals surface area contributed by atoms with Gasteiger partial charge >= 0.3 is 0 Å². The van der Waals surface area contributed by atoms with Gasteiger partial charge in [-0.1, -0.05) is 42.5 Å². The summed E-state index contributed by atoms with van der Waals surface area (Å²) in [4.78, 5) is 12.2. The molecule has 2 aromatic rings. The first-order chi connectivity index (χ1) is 10.3. The first kappa shape index (κ1) is 14.0. The number of ether oxygens (including phenoxy) is 1. The van der Waals surface area contributed by atoms with Crippen molar-refractivity contribution in [1.29, 1.82) is 0 Å². The van der Waals surface area contributed by atoms with Gasteiger partial charge in [0, 0.05) is 13.1 Å². The third-order valence-corrected chi connectivity index (χ3v) is 3.87. The molecule has 1 amide bonds. The molecule has 0 saturated carbocycles. The van der Waals surface area contributed by atoms with Crippen molar-refractivity contribution in [3.63, 3.8) is 0 Å². The van der Waals surface area contributed by atoms with Gasteiger partial charge in [0.15, 0.2) is 0 Å². The van der Waals surface area contributed by atoms with Crippen molar-refractivity contribution in [2.45, 2.75) is 19.1 Å². The maximum atomic E-state index is 12.2. The smallest absolute Gasteiger partial charge is 0.250 e. The molecule has 2 aromatic carbocycles. The van der Waals surface area contributed by atoms with Crippen molar-refractivity contribution < 1.29 is 9.53 Å². The first-order valence-corrected chi connectivity index (χ1v) is 7.36. The molecule has 1 aliphatic heterocycles. The van der Waals surface area contributed by atoms with E-state index in [1.807, 2.05) is 25.1 Å². The highest BCUT2D eigenvalue weighted by atomic mass is 16.5. The fraction of sp³-hybridized carbons (Fsp3) is 0.353. The van der Waals surface area contributed by atoms with E-state index in [0.717, 1.165) is 12.1 Å². The van der Waals surface area contributed by atoms with E-state index in [-0.39, 0.29) is 11.9 Å². The Balaban J connectivity index is 1.77. The number of carbonyl (C=O) groups is 1. The Morgan fingerprint density at radius 3 is 2.90 bits per heavy atom. The Hall–Kier alpha value is -1.91. The standard InChI is InChI=1S/C17H20N2O2/c1-12(19-17(20)16-11-18-9-10-21-16)14-8-4-6-13-5-2-3-7-15(13)14/h2-8,12,16,18H,9-11H2,1H3,(H,19,20). The quantitative estimate of drug-likeness (QED) is 0.906. The van der Waals surface area contributed by atoms with Crippen LogP contribution < -0.4 is 10.6 Å². The van der Waals surface area contributed by atoms with Crippen LogP contribution in [-0.2, 0) is 9.53 Å². The summed E-state index contributed by atoms with van der Waals surface area (Å²) >= 11 is 0. The molecule has 4 heteroatoms. The zero-order chi connectivity index (χ0) is 14.7. The van der Waals surface area contributed by atoms with Crippen molar-refractivity contribution in [3.8, 4) is 0 Å². The second kappa shape index (κ2) is 6.24. The Morgan fingerprint density at radius 1 is 1.29 bits per heavy atom. The number of nitrogens with one attached hydrogen (secondary N) is 2. The lowest BCUT2D eigenvalue weighted by atomic mass is 9.99. The molecular formula is C17H20N2O2. The van der Waals surface area contributed by atoms with Gasteiger partial charge < -0.3 is 15.4 Å². The van der Waals surface area contributed by atoms with Gasteiger partial charge in [0.1, 0.15) is 6.10 Å². The molecule has 2 atom stereocenters. The molecule has 0 spiro atoms. The van der Waals surface area contributed by atoms with Crippen LogP contribution in [0.1, 0.15) is 18.5 Å². The maximum absolute atomic E-state index is 12.2. The lowest BCUT2D eigenvalue weighted by Gasteiger charge is -2.25. The highest BCUT2D eigenvalue weighted by Gasteiger charge is 2.23. The largest absolute Gasteiger partial charge is 0.366 e. The fourth-order valence-corrected chi connectivity index (χ4v) is 2.75. The molecule has 0 radical (unpaired) electrons. The molecule has 21 heavy (non-hydrogen) atoms. The van der Waals surface area contributed by atoms with Crippen LogP contribution in [0.25, 0.3) is 10.8 Å². The predicted octanol–water partition coefficient (Wildman–Crippen LogP) is 2.01. The van der Waals surface area contributed by atoms with Gasteiger partial charge in [0.25, 0.3) is 5.91 Å². The summed E-state index contributed by atoms with van der Waals surface area (Å²) in [6.07, 6.45) is -0.392. The number of benzene rings is 2. The minimum atomic E-state index is -0.392. The molecule has 0 bridgehead atoms. The van der Waals surface area contributed by atoms with E-state index in [0.29, 0.717) is 13.2 Å². The maximum Gasteiger partial charge on any atom is 0.250 e. The summed E-state index contributed by atoms with van der Waals surface area (Å²) in [7, 11) is 0. The van der Waals surface area contributed by atoms with Crippen LogP contribution >= 0.6 is 0 Å². The number of hydrogen-bond acceptors (Lipinski definition) is 3. The number of hydrogen-bond donors (Lipinski definition) is 2. The lowest BCUT2D eigenvalue weighted by molar-refractivity contribution is -0.134. The number of carbonyl (C=O) groups excluding carboxylic acids is 1. The van der Waals surface area contributed by atoms with E-state index >= 15 is 0 Å². The van der Waals surface area contributed by atoms with Crippen LogP contribution in [0.15, 0.2) is 42.5 Å². The average Bonchev–Trinajstić information content (AvgIpc) is 2.55. The Labute approximate surface area is 124 Å². The summed E-state index contributed by atoms with van der Waals surface area (Å²) in [6, 6.07) is 14.3. The topological polar surface area (TPSA) is 50.4 Å². The molecule has 1 heterocycles. The van der Waals surface area contributed by atoms with Crippen LogP contribution in [0.3, 0.4) is 0 Å². The van der Waals surface area contributed by atoms with Crippen LogP contribution in [0, 0.1) is 0 Å². The van der Waals surface area contributed by atoms with E-state index in [9.17, 15) is 4.79 Å². The van der Waals surface area contributed by atoms with Crippen LogP contribution in [0.5, 0.6) is 0 Å². The minimum absolute atomic E-state index is 0.0471. The summed E-state index contributed by atoms with van der Waals surface area (Å²) in [5.41, 5.74) is 1.13. The Kier molecular flexibility index (Phi) is 4.18. The molecule has 3 rings (SSSR count). The average molecular weight is 284 g/mol. The molecule has 2 unspecified atom stereocenters. The molecule has 1 fully saturated rings. The van der Waals surface area contributed by atoms with Crippen molar-refractivity contribution in [3.05, 3.63) is 48.0 Å². The number of amides is 1. The van der Waals surface area contributed by atoms with Crippen LogP contribution in [-0.4, -0.2) is 31.7 Å². The molecule has 110 valence electrons. The van der Waals surface area contributed by atoms with E-state index in [2.05, 4.69) is 34.9 Å². The van der Waals surface area contributed by atoms with Crippen LogP contribution in [0.4, 0.5) is 0 Å². The van der Waals surface area contributed by atoms with E-state index < -0.39 is 6.10 Å². The Bertz CT molecular complexity index is 630.